The average molecular weight is 579 g/mol. The topological polar surface area (TPSA) is 114 Å². The maximum atomic E-state index is 13.2. The molecule has 1 fully saturated rings. The van der Waals surface area contributed by atoms with E-state index in [9.17, 15) is 19.2 Å². The number of thioether (sulfide) groups is 1. The van der Waals surface area contributed by atoms with E-state index in [4.69, 9.17) is 23.7 Å². The molecule has 0 N–H and O–H groups in total. The Morgan fingerprint density at radius 3 is 1.59 bits per heavy atom. The van der Waals surface area contributed by atoms with Gasteiger partial charge >= 0.3 is 23.9 Å². The number of carbonyl (C=O) groups excluding carboxylic acids is 4. The summed E-state index contributed by atoms with van der Waals surface area (Å²) in [5, 5.41) is 0. The van der Waals surface area contributed by atoms with Crippen LogP contribution in [0.2, 0.25) is 0 Å². The van der Waals surface area contributed by atoms with Gasteiger partial charge in [0.25, 0.3) is 0 Å². The monoisotopic (exact) mass is 578 g/mol. The predicted octanol–water partition coefficient (Wildman–Crippen LogP) is 4.70. The molecule has 4 rings (SSSR count). The van der Waals surface area contributed by atoms with Crippen LogP contribution in [-0.2, 0) is 28.5 Å². The maximum absolute atomic E-state index is 13.2. The van der Waals surface area contributed by atoms with Crippen molar-refractivity contribution < 1.29 is 42.9 Å². The van der Waals surface area contributed by atoms with E-state index < -0.39 is 53.7 Å². The molecule has 0 aliphatic carbocycles. The van der Waals surface area contributed by atoms with Gasteiger partial charge in [-0.3, -0.25) is 4.79 Å². The molecule has 0 unspecified atom stereocenters. The van der Waals surface area contributed by atoms with E-state index in [2.05, 4.69) is 0 Å². The molecule has 41 heavy (non-hydrogen) atoms. The molecule has 0 radical (unpaired) electrons. The van der Waals surface area contributed by atoms with Gasteiger partial charge < -0.3 is 23.7 Å². The molecular formula is C31H30O9S. The predicted molar refractivity (Wildman–Crippen MR) is 150 cm³/mol. The van der Waals surface area contributed by atoms with Crippen molar-refractivity contribution in [1.29, 1.82) is 0 Å². The third-order valence-corrected chi connectivity index (χ3v) is 7.16. The van der Waals surface area contributed by atoms with Crippen molar-refractivity contribution in [1.82, 2.24) is 0 Å². The van der Waals surface area contributed by atoms with Crippen LogP contribution < -0.4 is 0 Å². The molecule has 0 amide bonds. The summed E-state index contributed by atoms with van der Waals surface area (Å²) in [6.45, 7) is 2.78. The fraction of sp³-hybridized carbons (Fsp3) is 0.290. The zero-order valence-electron chi connectivity index (χ0n) is 22.5. The summed E-state index contributed by atoms with van der Waals surface area (Å²) in [4.78, 5) is 51.4. The number of carbonyl (C=O) groups is 4. The fourth-order valence-electron chi connectivity index (χ4n) is 4.25. The van der Waals surface area contributed by atoms with Crippen LogP contribution in [0.5, 0.6) is 0 Å². The molecule has 214 valence electrons. The molecule has 10 heteroatoms. The van der Waals surface area contributed by atoms with Crippen molar-refractivity contribution >= 4 is 35.6 Å². The van der Waals surface area contributed by atoms with E-state index in [1.165, 1.54) is 18.7 Å². The second-order valence-electron chi connectivity index (χ2n) is 9.01. The van der Waals surface area contributed by atoms with Crippen molar-refractivity contribution in [2.45, 2.75) is 43.7 Å². The van der Waals surface area contributed by atoms with Crippen molar-refractivity contribution in [2.24, 2.45) is 0 Å². The van der Waals surface area contributed by atoms with Gasteiger partial charge in [0, 0.05) is 6.92 Å². The molecule has 0 aromatic heterocycles. The lowest BCUT2D eigenvalue weighted by molar-refractivity contribution is -0.218. The second kappa shape index (κ2) is 14.5. The number of ether oxygens (including phenoxy) is 5. The Balaban J connectivity index is 1.69. The van der Waals surface area contributed by atoms with Crippen LogP contribution in [0.1, 0.15) is 44.9 Å². The van der Waals surface area contributed by atoms with E-state index in [1.54, 1.807) is 91.0 Å². The van der Waals surface area contributed by atoms with E-state index >= 15 is 0 Å². The molecule has 0 spiro atoms. The summed E-state index contributed by atoms with van der Waals surface area (Å²) in [7, 11) is 0. The van der Waals surface area contributed by atoms with Gasteiger partial charge in [0.2, 0.25) is 0 Å². The normalized spacial score (nSPS) is 21.8. The number of hydrogen-bond donors (Lipinski definition) is 0. The van der Waals surface area contributed by atoms with Crippen LogP contribution >= 0.6 is 11.8 Å². The summed E-state index contributed by atoms with van der Waals surface area (Å²) < 4.78 is 29.2. The highest BCUT2D eigenvalue weighted by atomic mass is 32.2. The first-order chi connectivity index (χ1) is 19.9. The highest BCUT2D eigenvalue weighted by Gasteiger charge is 2.52. The Labute approximate surface area is 242 Å². The minimum atomic E-state index is -1.29. The molecular weight excluding hydrogens is 548 g/mol. The second-order valence-corrected chi connectivity index (χ2v) is 10.4. The zero-order chi connectivity index (χ0) is 29.2. The summed E-state index contributed by atoms with van der Waals surface area (Å²) in [6.07, 6.45) is -4.76. The summed E-state index contributed by atoms with van der Waals surface area (Å²) >= 11 is 1.31. The smallest absolute Gasteiger partial charge is 0.338 e. The van der Waals surface area contributed by atoms with Gasteiger partial charge in [0.15, 0.2) is 18.3 Å². The third-order valence-electron chi connectivity index (χ3n) is 6.12. The Bertz CT molecular complexity index is 1320. The molecule has 1 aliphatic heterocycles. The first-order valence-electron chi connectivity index (χ1n) is 13.1. The molecule has 3 aromatic rings. The quantitative estimate of drug-likeness (QED) is 0.248. The molecule has 1 aliphatic rings. The average Bonchev–Trinajstić information content (AvgIpc) is 3.00. The fourth-order valence-corrected chi connectivity index (χ4v) is 5.20. The number of rotatable bonds is 10. The van der Waals surface area contributed by atoms with E-state index in [0.717, 1.165) is 0 Å². The van der Waals surface area contributed by atoms with Gasteiger partial charge in [-0.05, 0) is 42.2 Å². The standard InChI is InChI=1S/C31H30O9S/c1-3-41-31-27(37-20(2)32)26(40-30(35)23-17-11-6-12-18-23)25(39-29(34)22-15-9-5-10-16-22)24(38-31)19-36-28(33)21-13-7-4-8-14-21/h4-18,24-27,31H,3,19H2,1-2H3/t24-,25-,26+,27-,31+/m0/s1. The van der Waals surface area contributed by atoms with Crippen molar-refractivity contribution in [3.8, 4) is 0 Å². The lowest BCUT2D eigenvalue weighted by Crippen LogP contribution is -2.61. The van der Waals surface area contributed by atoms with E-state index in [1.807, 2.05) is 6.92 Å². The zero-order valence-corrected chi connectivity index (χ0v) is 23.4. The summed E-state index contributed by atoms with van der Waals surface area (Å²) in [5.41, 5.74) is 0.00487. The van der Waals surface area contributed by atoms with Gasteiger partial charge in [-0.15, -0.1) is 11.8 Å². The van der Waals surface area contributed by atoms with Crippen LogP contribution in [0, 0.1) is 0 Å². The molecule has 9 nitrogen and oxygen atoms in total. The number of benzene rings is 3. The summed E-state index contributed by atoms with van der Waals surface area (Å²) in [6, 6.07) is 24.9. The van der Waals surface area contributed by atoms with Crippen LogP contribution in [0.15, 0.2) is 91.0 Å². The molecule has 0 bridgehead atoms. The summed E-state index contributed by atoms with van der Waals surface area (Å²) in [5.74, 6) is -2.12. The molecule has 0 saturated carbocycles. The molecule has 3 aromatic carbocycles. The highest BCUT2D eigenvalue weighted by Crippen LogP contribution is 2.35. The maximum Gasteiger partial charge on any atom is 0.338 e. The highest BCUT2D eigenvalue weighted by molar-refractivity contribution is 7.99. The molecule has 1 saturated heterocycles. The number of hydrogen-bond acceptors (Lipinski definition) is 10. The lowest BCUT2D eigenvalue weighted by Gasteiger charge is -2.44. The van der Waals surface area contributed by atoms with Crippen molar-refractivity contribution in [2.75, 3.05) is 12.4 Å². The first kappa shape index (κ1) is 29.8. The SMILES string of the molecule is CCS[C@H]1O[C@@H](COC(=O)c2ccccc2)[C@H](OC(=O)c2ccccc2)[C@@H](OC(=O)c2ccccc2)[C@@H]1OC(C)=O. The van der Waals surface area contributed by atoms with Gasteiger partial charge in [-0.2, -0.15) is 0 Å². The minimum absolute atomic E-state index is 0.245. The van der Waals surface area contributed by atoms with Crippen molar-refractivity contribution in [3.05, 3.63) is 108 Å². The van der Waals surface area contributed by atoms with Crippen LogP contribution in [-0.4, -0.2) is 66.1 Å². The van der Waals surface area contributed by atoms with Gasteiger partial charge in [-0.25, -0.2) is 14.4 Å². The van der Waals surface area contributed by atoms with E-state index in [0.29, 0.717) is 11.3 Å². The van der Waals surface area contributed by atoms with Crippen LogP contribution in [0.3, 0.4) is 0 Å². The minimum Gasteiger partial charge on any atom is -0.459 e. The first-order valence-corrected chi connectivity index (χ1v) is 14.1. The van der Waals surface area contributed by atoms with Gasteiger partial charge in [0.05, 0.1) is 16.7 Å². The Morgan fingerprint density at radius 2 is 1.12 bits per heavy atom. The van der Waals surface area contributed by atoms with Crippen LogP contribution in [0.25, 0.3) is 0 Å². The Kier molecular flexibility index (Phi) is 10.5. The molecule has 1 heterocycles. The molecule has 5 atom stereocenters. The van der Waals surface area contributed by atoms with Gasteiger partial charge in [0.1, 0.15) is 18.1 Å². The third kappa shape index (κ3) is 7.96. The van der Waals surface area contributed by atoms with Gasteiger partial charge in [-0.1, -0.05) is 61.5 Å². The Hall–Kier alpha value is -4.15. The largest absolute Gasteiger partial charge is 0.459 e. The van der Waals surface area contributed by atoms with Crippen molar-refractivity contribution in [3.63, 3.8) is 0 Å². The van der Waals surface area contributed by atoms with Crippen LogP contribution in [0.4, 0.5) is 0 Å². The lowest BCUT2D eigenvalue weighted by atomic mass is 9.98. The number of esters is 4. The van der Waals surface area contributed by atoms with E-state index in [-0.39, 0.29) is 17.7 Å². The Morgan fingerprint density at radius 1 is 0.659 bits per heavy atom.